The van der Waals surface area contributed by atoms with Crippen LogP contribution in [0, 0.1) is 0 Å². The average molecular weight is 266 g/mol. The van der Waals surface area contributed by atoms with Crippen LogP contribution in [0.4, 0.5) is 0 Å². The van der Waals surface area contributed by atoms with E-state index in [0.29, 0.717) is 0 Å². The molecule has 1 N–H and O–H groups in total. The molecule has 110 valence electrons. The van der Waals surface area contributed by atoms with Gasteiger partial charge in [0.15, 0.2) is 0 Å². The molecule has 0 aromatic carbocycles. The van der Waals surface area contributed by atoms with E-state index in [1.807, 2.05) is 12.5 Å². The lowest BCUT2D eigenvalue weighted by molar-refractivity contribution is 0.292. The first kappa shape index (κ1) is 16.2. The summed E-state index contributed by atoms with van der Waals surface area (Å²) in [5, 5.41) is 3.51. The third-order valence-corrected chi connectivity index (χ3v) is 3.37. The Morgan fingerprint density at radius 2 is 1.95 bits per heavy atom. The van der Waals surface area contributed by atoms with Crippen LogP contribution in [-0.4, -0.2) is 39.6 Å². The highest BCUT2D eigenvalue weighted by Gasteiger charge is 2.10. The molecule has 0 fully saturated rings. The first-order chi connectivity index (χ1) is 8.96. The third kappa shape index (κ3) is 6.21. The Morgan fingerprint density at radius 3 is 2.53 bits per heavy atom. The molecule has 0 saturated carbocycles. The van der Waals surface area contributed by atoms with E-state index >= 15 is 0 Å². The summed E-state index contributed by atoms with van der Waals surface area (Å²) in [6, 6.07) is 0. The van der Waals surface area contributed by atoms with Gasteiger partial charge in [-0.25, -0.2) is 4.98 Å². The molecule has 0 aliphatic carbocycles. The highest BCUT2D eigenvalue weighted by molar-refractivity contribution is 4.98. The van der Waals surface area contributed by atoms with Crippen molar-refractivity contribution >= 4 is 0 Å². The molecule has 1 aromatic rings. The van der Waals surface area contributed by atoms with E-state index in [0.717, 1.165) is 32.7 Å². The van der Waals surface area contributed by atoms with Gasteiger partial charge in [0, 0.05) is 24.8 Å². The minimum Gasteiger partial charge on any atom is -0.333 e. The number of nitrogens with zero attached hydrogens (tertiary/aromatic N) is 3. The molecule has 1 rings (SSSR count). The monoisotopic (exact) mass is 266 g/mol. The number of aryl methyl sites for hydroxylation is 1. The lowest BCUT2D eigenvalue weighted by Gasteiger charge is -2.21. The van der Waals surface area contributed by atoms with Gasteiger partial charge in [0.25, 0.3) is 0 Å². The van der Waals surface area contributed by atoms with Gasteiger partial charge in [-0.05, 0) is 46.8 Å². The van der Waals surface area contributed by atoms with Crippen molar-refractivity contribution in [3.8, 4) is 0 Å². The zero-order valence-corrected chi connectivity index (χ0v) is 13.2. The first-order valence-electron chi connectivity index (χ1n) is 7.42. The van der Waals surface area contributed by atoms with E-state index in [1.165, 1.54) is 12.1 Å². The molecular formula is C15H30N4. The topological polar surface area (TPSA) is 33.1 Å². The minimum atomic E-state index is 0.149. The van der Waals surface area contributed by atoms with Gasteiger partial charge in [-0.2, -0.15) is 0 Å². The maximum atomic E-state index is 4.27. The van der Waals surface area contributed by atoms with Gasteiger partial charge in [-0.3, -0.25) is 0 Å². The maximum Gasteiger partial charge on any atom is 0.0948 e. The van der Waals surface area contributed by atoms with Crippen molar-refractivity contribution in [2.45, 2.75) is 59.7 Å². The Balaban J connectivity index is 2.40. The van der Waals surface area contributed by atoms with Crippen molar-refractivity contribution < 1.29 is 0 Å². The minimum absolute atomic E-state index is 0.149. The Morgan fingerprint density at radius 1 is 1.26 bits per heavy atom. The van der Waals surface area contributed by atoms with Crippen LogP contribution in [0.1, 0.15) is 46.7 Å². The molecule has 0 saturated heterocycles. The Labute approximate surface area is 118 Å². The molecule has 4 nitrogen and oxygen atoms in total. The summed E-state index contributed by atoms with van der Waals surface area (Å²) in [4.78, 5) is 6.73. The summed E-state index contributed by atoms with van der Waals surface area (Å²) in [7, 11) is 0. The predicted molar refractivity (Wildman–Crippen MR) is 81.2 cm³/mol. The summed E-state index contributed by atoms with van der Waals surface area (Å²) >= 11 is 0. The maximum absolute atomic E-state index is 4.27. The van der Waals surface area contributed by atoms with Gasteiger partial charge in [0.1, 0.15) is 0 Å². The van der Waals surface area contributed by atoms with Crippen molar-refractivity contribution in [3.63, 3.8) is 0 Å². The molecule has 0 atom stereocenters. The number of aromatic nitrogens is 2. The quantitative estimate of drug-likeness (QED) is 0.785. The average Bonchev–Trinajstić information content (AvgIpc) is 2.79. The Hall–Kier alpha value is -0.870. The van der Waals surface area contributed by atoms with Crippen molar-refractivity contribution in [2.24, 2.45) is 0 Å². The van der Waals surface area contributed by atoms with E-state index in [1.54, 1.807) is 0 Å². The number of rotatable bonds is 8. The number of imidazole rings is 1. The third-order valence-electron chi connectivity index (χ3n) is 3.37. The van der Waals surface area contributed by atoms with E-state index in [2.05, 4.69) is 54.4 Å². The van der Waals surface area contributed by atoms with Crippen LogP contribution < -0.4 is 5.32 Å². The van der Waals surface area contributed by atoms with E-state index < -0.39 is 0 Å². The fourth-order valence-electron chi connectivity index (χ4n) is 2.06. The normalized spacial score (nSPS) is 12.3. The molecule has 0 amide bonds. The van der Waals surface area contributed by atoms with E-state index in [4.69, 9.17) is 0 Å². The highest BCUT2D eigenvalue weighted by atomic mass is 15.1. The van der Waals surface area contributed by atoms with Crippen LogP contribution in [0.3, 0.4) is 0 Å². The molecule has 0 aliphatic heterocycles. The van der Waals surface area contributed by atoms with Crippen LogP contribution >= 0.6 is 0 Å². The van der Waals surface area contributed by atoms with Gasteiger partial charge in [0.2, 0.25) is 0 Å². The zero-order valence-electron chi connectivity index (χ0n) is 13.2. The molecule has 1 heterocycles. The number of hydrogen-bond donors (Lipinski definition) is 1. The Kier molecular flexibility index (Phi) is 6.52. The number of nitrogens with one attached hydrogen (secondary N) is 1. The zero-order chi connectivity index (χ0) is 14.3. The predicted octanol–water partition coefficient (Wildman–Crippen LogP) is 2.50. The molecule has 1 aromatic heterocycles. The smallest absolute Gasteiger partial charge is 0.0948 e. The fraction of sp³-hybridized carbons (Fsp3) is 0.800. The van der Waals surface area contributed by atoms with E-state index in [9.17, 15) is 0 Å². The molecule has 0 spiro atoms. The van der Waals surface area contributed by atoms with Crippen molar-refractivity contribution in [1.82, 2.24) is 19.8 Å². The molecule has 4 heteroatoms. The molecular weight excluding hydrogens is 236 g/mol. The SMILES string of the molecule is CCN(CC)CCCn1cncc1CNC(C)(C)C. The second kappa shape index (κ2) is 7.65. The molecule has 0 radical (unpaired) electrons. The summed E-state index contributed by atoms with van der Waals surface area (Å²) < 4.78 is 2.27. The van der Waals surface area contributed by atoms with Crippen LogP contribution in [-0.2, 0) is 13.1 Å². The highest BCUT2D eigenvalue weighted by Crippen LogP contribution is 2.05. The standard InChI is InChI=1S/C15H30N4/c1-6-18(7-2)9-8-10-19-13-16-11-14(19)12-17-15(3,4)5/h11,13,17H,6-10,12H2,1-5H3. The molecule has 0 unspecified atom stereocenters. The second-order valence-electron chi connectivity index (χ2n) is 6.06. The summed E-state index contributed by atoms with van der Waals surface area (Å²) in [6.07, 6.45) is 5.10. The van der Waals surface area contributed by atoms with Gasteiger partial charge < -0.3 is 14.8 Å². The van der Waals surface area contributed by atoms with Gasteiger partial charge in [-0.1, -0.05) is 13.8 Å². The summed E-state index contributed by atoms with van der Waals surface area (Å²) in [6.45, 7) is 16.4. The fourth-order valence-corrected chi connectivity index (χ4v) is 2.06. The lowest BCUT2D eigenvalue weighted by Crippen LogP contribution is -2.35. The first-order valence-corrected chi connectivity index (χ1v) is 7.42. The van der Waals surface area contributed by atoms with Crippen LogP contribution in [0.15, 0.2) is 12.5 Å². The second-order valence-corrected chi connectivity index (χ2v) is 6.06. The molecule has 0 bridgehead atoms. The number of hydrogen-bond acceptors (Lipinski definition) is 3. The van der Waals surface area contributed by atoms with Crippen molar-refractivity contribution in [1.29, 1.82) is 0 Å². The van der Waals surface area contributed by atoms with Crippen LogP contribution in [0.5, 0.6) is 0 Å². The molecule has 19 heavy (non-hydrogen) atoms. The van der Waals surface area contributed by atoms with Crippen molar-refractivity contribution in [3.05, 3.63) is 18.2 Å². The van der Waals surface area contributed by atoms with Gasteiger partial charge >= 0.3 is 0 Å². The van der Waals surface area contributed by atoms with Crippen LogP contribution in [0.2, 0.25) is 0 Å². The van der Waals surface area contributed by atoms with Gasteiger partial charge in [0.05, 0.1) is 12.0 Å². The van der Waals surface area contributed by atoms with Gasteiger partial charge in [-0.15, -0.1) is 0 Å². The largest absolute Gasteiger partial charge is 0.333 e. The Bertz CT molecular complexity index is 347. The van der Waals surface area contributed by atoms with Crippen molar-refractivity contribution in [2.75, 3.05) is 19.6 Å². The van der Waals surface area contributed by atoms with Crippen LogP contribution in [0.25, 0.3) is 0 Å². The summed E-state index contributed by atoms with van der Waals surface area (Å²) in [5.41, 5.74) is 1.42. The lowest BCUT2D eigenvalue weighted by atomic mass is 10.1. The van der Waals surface area contributed by atoms with E-state index in [-0.39, 0.29) is 5.54 Å². The molecule has 0 aliphatic rings. The summed E-state index contributed by atoms with van der Waals surface area (Å²) in [5.74, 6) is 0.